The lowest BCUT2D eigenvalue weighted by Crippen LogP contribution is -1.95. The predicted octanol–water partition coefficient (Wildman–Crippen LogP) is 7.27. The van der Waals surface area contributed by atoms with Crippen molar-refractivity contribution in [2.45, 2.75) is 59.3 Å². The molecule has 2 rings (SSSR count). The first-order chi connectivity index (χ1) is 15.2. The molecular formula is C29H30N2. The maximum Gasteiger partial charge on any atom is 0.132 e. The Morgan fingerprint density at radius 2 is 1.35 bits per heavy atom. The van der Waals surface area contributed by atoms with Crippen molar-refractivity contribution in [3.8, 4) is 35.5 Å². The average Bonchev–Trinajstić information content (AvgIpc) is 2.79. The fourth-order valence-corrected chi connectivity index (χ4v) is 2.87. The first-order valence-electron chi connectivity index (χ1n) is 10.9. The molecule has 0 N–H and O–H groups in total. The third-order valence-corrected chi connectivity index (χ3v) is 4.48. The van der Waals surface area contributed by atoms with Crippen LogP contribution in [0.3, 0.4) is 0 Å². The van der Waals surface area contributed by atoms with Gasteiger partial charge in [0, 0.05) is 17.5 Å². The molecule has 0 bridgehead atoms. The van der Waals surface area contributed by atoms with Gasteiger partial charge in [-0.25, -0.2) is 4.99 Å². The Hall–Kier alpha value is -3.54. The van der Waals surface area contributed by atoms with E-state index in [4.69, 9.17) is 4.99 Å². The summed E-state index contributed by atoms with van der Waals surface area (Å²) in [4.78, 5) is 9.25. The van der Waals surface area contributed by atoms with E-state index < -0.39 is 0 Å². The molecule has 2 aromatic carbocycles. The summed E-state index contributed by atoms with van der Waals surface area (Å²) < 4.78 is 0. The lowest BCUT2D eigenvalue weighted by Gasteiger charge is -1.97. The van der Waals surface area contributed by atoms with Crippen LogP contribution in [0.2, 0.25) is 0 Å². The number of benzene rings is 2. The summed E-state index contributed by atoms with van der Waals surface area (Å²) in [6.45, 7) is 5.90. The van der Waals surface area contributed by atoms with E-state index in [9.17, 15) is 0 Å². The van der Waals surface area contributed by atoms with E-state index in [1.165, 1.54) is 25.7 Å². The monoisotopic (exact) mass is 406 g/mol. The number of hydrogen-bond acceptors (Lipinski definition) is 2. The first kappa shape index (κ1) is 23.7. The van der Waals surface area contributed by atoms with Crippen LogP contribution >= 0.6 is 0 Å². The highest BCUT2D eigenvalue weighted by atomic mass is 14.8. The van der Waals surface area contributed by atoms with E-state index in [1.54, 1.807) is 6.21 Å². The summed E-state index contributed by atoms with van der Waals surface area (Å²) in [5.41, 5.74) is 4.30. The van der Waals surface area contributed by atoms with Crippen molar-refractivity contribution in [1.82, 2.24) is 0 Å². The Morgan fingerprint density at radius 1 is 0.774 bits per heavy atom. The standard InChI is InChI=1S/C29H30N2/c1-4-7-8-9-10-11-12-15-29(31-28-22-18-26(14-6-3)19-23-28)24-30-27-20-16-25(13-5-2)17-21-27/h16-24H,4,7-11H2,1-3H3. The van der Waals surface area contributed by atoms with Crippen LogP contribution in [0, 0.1) is 35.5 Å². The SMILES string of the molecule is CC#Cc1ccc(N=CC(C#CCCCCCCC)=Nc2ccc(C#CC)cc2)cc1. The van der Waals surface area contributed by atoms with Crippen LogP contribution in [0.5, 0.6) is 0 Å². The predicted molar refractivity (Wildman–Crippen MR) is 134 cm³/mol. The summed E-state index contributed by atoms with van der Waals surface area (Å²) in [6, 6.07) is 15.7. The lowest BCUT2D eigenvalue weighted by atomic mass is 10.1. The fraction of sp³-hybridized carbons (Fsp3) is 0.310. The van der Waals surface area contributed by atoms with Gasteiger partial charge in [-0.05, 0) is 74.7 Å². The van der Waals surface area contributed by atoms with Crippen molar-refractivity contribution in [2.24, 2.45) is 9.98 Å². The molecule has 0 aromatic heterocycles. The van der Waals surface area contributed by atoms with E-state index in [-0.39, 0.29) is 0 Å². The lowest BCUT2D eigenvalue weighted by molar-refractivity contribution is 0.641. The molecule has 0 radical (unpaired) electrons. The van der Waals surface area contributed by atoms with Crippen LogP contribution in [-0.4, -0.2) is 11.9 Å². The van der Waals surface area contributed by atoms with Crippen LogP contribution in [0.1, 0.15) is 70.4 Å². The van der Waals surface area contributed by atoms with Gasteiger partial charge in [-0.15, -0.1) is 11.8 Å². The van der Waals surface area contributed by atoms with Crippen LogP contribution < -0.4 is 0 Å². The van der Waals surface area contributed by atoms with E-state index in [0.717, 1.165) is 35.3 Å². The zero-order chi connectivity index (χ0) is 22.2. The molecule has 0 aliphatic heterocycles. The zero-order valence-electron chi connectivity index (χ0n) is 18.8. The number of hydrogen-bond donors (Lipinski definition) is 0. The second kappa shape index (κ2) is 14.4. The van der Waals surface area contributed by atoms with Gasteiger partial charge in [0.05, 0.1) is 17.6 Å². The second-order valence-corrected chi connectivity index (χ2v) is 7.06. The summed E-state index contributed by atoms with van der Waals surface area (Å²) in [5.74, 6) is 18.4. The molecule has 0 amide bonds. The Bertz CT molecular complexity index is 1050. The van der Waals surface area contributed by atoms with Gasteiger partial charge in [0.2, 0.25) is 0 Å². The van der Waals surface area contributed by atoms with Gasteiger partial charge >= 0.3 is 0 Å². The number of rotatable bonds is 8. The maximum atomic E-state index is 4.69. The summed E-state index contributed by atoms with van der Waals surface area (Å²) in [7, 11) is 0. The minimum Gasteiger partial charge on any atom is -0.254 e. The van der Waals surface area contributed by atoms with E-state index in [0.29, 0.717) is 5.71 Å². The molecule has 0 saturated carbocycles. The van der Waals surface area contributed by atoms with Crippen molar-refractivity contribution in [3.05, 3.63) is 59.7 Å². The van der Waals surface area contributed by atoms with Crippen molar-refractivity contribution in [1.29, 1.82) is 0 Å². The number of aliphatic imine (C=N–C) groups is 2. The smallest absolute Gasteiger partial charge is 0.132 e. The van der Waals surface area contributed by atoms with Crippen LogP contribution in [0.25, 0.3) is 0 Å². The fourth-order valence-electron chi connectivity index (χ4n) is 2.87. The molecule has 2 nitrogen and oxygen atoms in total. The molecule has 0 aliphatic rings. The topological polar surface area (TPSA) is 24.7 Å². The zero-order valence-corrected chi connectivity index (χ0v) is 18.8. The number of unbranched alkanes of at least 4 members (excludes halogenated alkanes) is 5. The average molecular weight is 407 g/mol. The molecule has 2 aromatic rings. The summed E-state index contributed by atoms with van der Waals surface area (Å²) >= 11 is 0. The van der Waals surface area contributed by atoms with Gasteiger partial charge in [-0.3, -0.25) is 4.99 Å². The maximum absolute atomic E-state index is 4.69. The van der Waals surface area contributed by atoms with Crippen molar-refractivity contribution < 1.29 is 0 Å². The molecule has 0 atom stereocenters. The minimum atomic E-state index is 0.653. The molecule has 31 heavy (non-hydrogen) atoms. The third-order valence-electron chi connectivity index (χ3n) is 4.48. The van der Waals surface area contributed by atoms with Gasteiger partial charge < -0.3 is 0 Å². The molecule has 0 fully saturated rings. The van der Waals surface area contributed by atoms with Crippen molar-refractivity contribution >= 4 is 23.3 Å². The molecule has 0 heterocycles. The van der Waals surface area contributed by atoms with Gasteiger partial charge in [0.1, 0.15) is 5.71 Å². The van der Waals surface area contributed by atoms with E-state index in [2.05, 4.69) is 47.4 Å². The minimum absolute atomic E-state index is 0.653. The largest absolute Gasteiger partial charge is 0.254 e. The van der Waals surface area contributed by atoms with Gasteiger partial charge in [0.25, 0.3) is 0 Å². The molecular weight excluding hydrogens is 376 g/mol. The van der Waals surface area contributed by atoms with Gasteiger partial charge in [-0.1, -0.05) is 50.4 Å². The van der Waals surface area contributed by atoms with Crippen LogP contribution in [0.15, 0.2) is 58.5 Å². The third kappa shape index (κ3) is 9.67. The molecule has 0 unspecified atom stereocenters. The highest BCUT2D eigenvalue weighted by Crippen LogP contribution is 2.14. The highest BCUT2D eigenvalue weighted by molar-refractivity contribution is 6.39. The molecule has 156 valence electrons. The Kier molecular flexibility index (Phi) is 11.1. The molecule has 0 saturated heterocycles. The normalized spacial score (nSPS) is 10.5. The Morgan fingerprint density at radius 3 is 1.94 bits per heavy atom. The Balaban J connectivity index is 2.15. The van der Waals surface area contributed by atoms with Crippen LogP contribution in [0.4, 0.5) is 11.4 Å². The highest BCUT2D eigenvalue weighted by Gasteiger charge is 1.96. The Labute approximate surface area is 187 Å². The van der Waals surface area contributed by atoms with E-state index >= 15 is 0 Å². The quantitative estimate of drug-likeness (QED) is 0.250. The first-order valence-corrected chi connectivity index (χ1v) is 10.9. The number of nitrogens with zero attached hydrogens (tertiary/aromatic N) is 2. The summed E-state index contributed by atoms with van der Waals surface area (Å²) in [6.07, 6.45) is 8.82. The second-order valence-electron chi connectivity index (χ2n) is 7.06. The van der Waals surface area contributed by atoms with Crippen molar-refractivity contribution in [3.63, 3.8) is 0 Å². The van der Waals surface area contributed by atoms with Gasteiger partial charge in [0.15, 0.2) is 0 Å². The van der Waals surface area contributed by atoms with Gasteiger partial charge in [-0.2, -0.15) is 0 Å². The van der Waals surface area contributed by atoms with Crippen LogP contribution in [-0.2, 0) is 0 Å². The van der Waals surface area contributed by atoms with Crippen molar-refractivity contribution in [2.75, 3.05) is 0 Å². The molecule has 0 spiro atoms. The summed E-state index contributed by atoms with van der Waals surface area (Å²) in [5, 5.41) is 0. The van der Waals surface area contributed by atoms with E-state index in [1.807, 2.05) is 62.4 Å². The molecule has 0 aliphatic carbocycles. The molecule has 2 heteroatoms.